The number of likely N-dealkylation sites (N-methyl/N-ethyl adjacent to an activating group) is 1. The highest BCUT2D eigenvalue weighted by molar-refractivity contribution is 5.02. The van der Waals surface area contributed by atoms with Crippen molar-refractivity contribution < 1.29 is 4.74 Å². The van der Waals surface area contributed by atoms with Crippen molar-refractivity contribution in [2.45, 2.75) is 38.3 Å². The molecule has 2 fully saturated rings. The highest BCUT2D eigenvalue weighted by atomic mass is 16.5. The lowest BCUT2D eigenvalue weighted by Crippen LogP contribution is -2.49. The van der Waals surface area contributed by atoms with Gasteiger partial charge in [0.1, 0.15) is 0 Å². The highest BCUT2D eigenvalue weighted by Crippen LogP contribution is 2.29. The Labute approximate surface area is 98.8 Å². The Morgan fingerprint density at radius 2 is 2.38 bits per heavy atom. The molecule has 0 aromatic rings. The van der Waals surface area contributed by atoms with E-state index in [0.717, 1.165) is 32.8 Å². The maximum atomic E-state index is 5.81. The maximum absolute atomic E-state index is 5.81. The number of hydrogen-bond acceptors (Lipinski definition) is 3. The lowest BCUT2D eigenvalue weighted by molar-refractivity contribution is -0.0521. The molecule has 3 heteroatoms. The standard InChI is InChI=1S/C13H24N2O/c1-3-14-9-11(2)10-15-7-8-16-13-6-4-5-12(13)15/h12-14H,2-10H2,1H3. The van der Waals surface area contributed by atoms with E-state index in [9.17, 15) is 0 Å². The fourth-order valence-corrected chi connectivity index (χ4v) is 2.85. The second-order valence-corrected chi connectivity index (χ2v) is 4.91. The van der Waals surface area contributed by atoms with Gasteiger partial charge in [0, 0.05) is 25.7 Å². The van der Waals surface area contributed by atoms with Crippen LogP contribution < -0.4 is 5.32 Å². The van der Waals surface area contributed by atoms with E-state index in [1.165, 1.54) is 24.8 Å². The van der Waals surface area contributed by atoms with E-state index in [1.54, 1.807) is 0 Å². The van der Waals surface area contributed by atoms with Gasteiger partial charge in [0.25, 0.3) is 0 Å². The zero-order valence-electron chi connectivity index (χ0n) is 10.4. The molecule has 0 aromatic heterocycles. The van der Waals surface area contributed by atoms with Crippen LogP contribution in [0.25, 0.3) is 0 Å². The van der Waals surface area contributed by atoms with Crippen LogP contribution in [0.1, 0.15) is 26.2 Å². The molecule has 0 aromatic carbocycles. The molecule has 1 aliphatic heterocycles. The quantitative estimate of drug-likeness (QED) is 0.715. The van der Waals surface area contributed by atoms with Gasteiger partial charge in [-0.1, -0.05) is 13.5 Å². The van der Waals surface area contributed by atoms with Crippen molar-refractivity contribution in [1.29, 1.82) is 0 Å². The van der Waals surface area contributed by atoms with Crippen molar-refractivity contribution in [2.75, 3.05) is 32.8 Å². The number of fused-ring (bicyclic) bond motifs is 1. The third-order valence-electron chi connectivity index (χ3n) is 3.65. The molecule has 16 heavy (non-hydrogen) atoms. The Morgan fingerprint density at radius 1 is 1.50 bits per heavy atom. The molecule has 1 saturated heterocycles. The van der Waals surface area contributed by atoms with Crippen molar-refractivity contribution in [3.8, 4) is 0 Å². The summed E-state index contributed by atoms with van der Waals surface area (Å²) in [5, 5.41) is 3.34. The number of ether oxygens (including phenoxy) is 1. The summed E-state index contributed by atoms with van der Waals surface area (Å²) in [5.74, 6) is 0. The minimum absolute atomic E-state index is 0.501. The number of hydrogen-bond donors (Lipinski definition) is 1. The first-order valence-corrected chi connectivity index (χ1v) is 6.54. The molecule has 0 amide bonds. The van der Waals surface area contributed by atoms with Gasteiger partial charge in [-0.3, -0.25) is 4.90 Å². The molecule has 0 spiro atoms. The molecule has 2 rings (SSSR count). The van der Waals surface area contributed by atoms with E-state index >= 15 is 0 Å². The summed E-state index contributed by atoms with van der Waals surface area (Å²) in [5.41, 5.74) is 1.30. The normalized spacial score (nSPS) is 30.3. The van der Waals surface area contributed by atoms with Crippen LogP contribution in [0.3, 0.4) is 0 Å². The average molecular weight is 224 g/mol. The van der Waals surface area contributed by atoms with Crippen LogP contribution in [0.2, 0.25) is 0 Å². The second-order valence-electron chi connectivity index (χ2n) is 4.91. The summed E-state index contributed by atoms with van der Waals surface area (Å²) in [6.07, 6.45) is 4.38. The zero-order valence-corrected chi connectivity index (χ0v) is 10.4. The van der Waals surface area contributed by atoms with E-state index in [0.29, 0.717) is 12.1 Å². The summed E-state index contributed by atoms with van der Waals surface area (Å²) in [6, 6.07) is 0.659. The SMILES string of the molecule is C=C(CNCC)CN1CCOC2CCCC21. The molecule has 1 N–H and O–H groups in total. The third-order valence-corrected chi connectivity index (χ3v) is 3.65. The molecule has 0 bridgehead atoms. The summed E-state index contributed by atoms with van der Waals surface area (Å²) in [4.78, 5) is 2.57. The molecule has 2 atom stereocenters. The molecule has 1 aliphatic carbocycles. The molecule has 1 heterocycles. The van der Waals surface area contributed by atoms with Crippen LogP contribution in [0.4, 0.5) is 0 Å². The van der Waals surface area contributed by atoms with Crippen molar-refractivity contribution in [3.05, 3.63) is 12.2 Å². The second kappa shape index (κ2) is 5.80. The first-order valence-electron chi connectivity index (χ1n) is 6.54. The number of morpholine rings is 1. The number of rotatable bonds is 5. The monoisotopic (exact) mass is 224 g/mol. The van der Waals surface area contributed by atoms with Gasteiger partial charge >= 0.3 is 0 Å². The van der Waals surface area contributed by atoms with Crippen molar-refractivity contribution in [2.24, 2.45) is 0 Å². The predicted molar refractivity (Wildman–Crippen MR) is 66.6 cm³/mol. The number of nitrogens with one attached hydrogen (secondary N) is 1. The maximum Gasteiger partial charge on any atom is 0.0731 e. The Morgan fingerprint density at radius 3 is 3.19 bits per heavy atom. The summed E-state index contributed by atoms with van der Waals surface area (Å²) in [7, 11) is 0. The van der Waals surface area contributed by atoms with Gasteiger partial charge in [-0.2, -0.15) is 0 Å². The van der Waals surface area contributed by atoms with E-state index in [4.69, 9.17) is 4.74 Å². The van der Waals surface area contributed by atoms with E-state index < -0.39 is 0 Å². The van der Waals surface area contributed by atoms with E-state index in [-0.39, 0.29) is 0 Å². The lowest BCUT2D eigenvalue weighted by Gasteiger charge is -2.38. The van der Waals surface area contributed by atoms with Crippen LogP contribution in [0.15, 0.2) is 12.2 Å². The molecule has 2 aliphatic rings. The zero-order chi connectivity index (χ0) is 11.4. The Bertz CT molecular complexity index is 242. The van der Waals surface area contributed by atoms with Gasteiger partial charge in [-0.15, -0.1) is 0 Å². The van der Waals surface area contributed by atoms with Gasteiger partial charge in [-0.05, 0) is 31.4 Å². The topological polar surface area (TPSA) is 24.5 Å². The molecule has 2 unspecified atom stereocenters. The molecule has 3 nitrogen and oxygen atoms in total. The van der Waals surface area contributed by atoms with E-state index in [2.05, 4.69) is 23.7 Å². The van der Waals surface area contributed by atoms with Crippen LogP contribution >= 0.6 is 0 Å². The molecular weight excluding hydrogens is 200 g/mol. The average Bonchev–Trinajstić information content (AvgIpc) is 2.75. The van der Waals surface area contributed by atoms with Gasteiger partial charge in [-0.25, -0.2) is 0 Å². The smallest absolute Gasteiger partial charge is 0.0731 e. The minimum Gasteiger partial charge on any atom is -0.375 e. The molecule has 0 radical (unpaired) electrons. The molecule has 1 saturated carbocycles. The fraction of sp³-hybridized carbons (Fsp3) is 0.846. The summed E-state index contributed by atoms with van der Waals surface area (Å²) < 4.78 is 5.81. The van der Waals surface area contributed by atoms with Gasteiger partial charge < -0.3 is 10.1 Å². The van der Waals surface area contributed by atoms with Crippen LogP contribution in [-0.4, -0.2) is 49.8 Å². The Balaban J connectivity index is 1.81. The minimum atomic E-state index is 0.501. The number of nitrogens with zero attached hydrogens (tertiary/aromatic N) is 1. The van der Waals surface area contributed by atoms with Crippen molar-refractivity contribution in [3.63, 3.8) is 0 Å². The Hall–Kier alpha value is -0.380. The first kappa shape index (κ1) is 12.1. The largest absolute Gasteiger partial charge is 0.375 e. The van der Waals surface area contributed by atoms with Crippen LogP contribution in [0, 0.1) is 0 Å². The van der Waals surface area contributed by atoms with Gasteiger partial charge in [0.05, 0.1) is 12.7 Å². The molecular formula is C13H24N2O. The van der Waals surface area contributed by atoms with Crippen LogP contribution in [-0.2, 0) is 4.74 Å². The van der Waals surface area contributed by atoms with Crippen molar-refractivity contribution >= 4 is 0 Å². The summed E-state index contributed by atoms with van der Waals surface area (Å²) in [6.45, 7) is 11.3. The highest BCUT2D eigenvalue weighted by Gasteiger charge is 2.35. The van der Waals surface area contributed by atoms with Crippen molar-refractivity contribution in [1.82, 2.24) is 10.2 Å². The Kier molecular flexibility index (Phi) is 4.38. The van der Waals surface area contributed by atoms with Crippen LogP contribution in [0.5, 0.6) is 0 Å². The predicted octanol–water partition coefficient (Wildman–Crippen LogP) is 1.41. The summed E-state index contributed by atoms with van der Waals surface area (Å²) >= 11 is 0. The van der Waals surface area contributed by atoms with Gasteiger partial charge in [0.2, 0.25) is 0 Å². The fourth-order valence-electron chi connectivity index (χ4n) is 2.85. The third kappa shape index (κ3) is 2.84. The van der Waals surface area contributed by atoms with E-state index in [1.807, 2.05) is 0 Å². The molecule has 92 valence electrons. The lowest BCUT2D eigenvalue weighted by atomic mass is 10.1. The first-order chi connectivity index (χ1) is 7.81. The van der Waals surface area contributed by atoms with Gasteiger partial charge in [0.15, 0.2) is 0 Å².